The molecule has 10 heteroatoms. The maximum absolute atomic E-state index is 6.29. The van der Waals surface area contributed by atoms with Crippen LogP contribution < -0.4 is 10.1 Å². The summed E-state index contributed by atoms with van der Waals surface area (Å²) in [5, 5.41) is 15.7. The van der Waals surface area contributed by atoms with Gasteiger partial charge in [-0.1, -0.05) is 40.4 Å². The molecule has 0 radical (unpaired) electrons. The average Bonchev–Trinajstić information content (AvgIpc) is 3.18. The lowest BCUT2D eigenvalue weighted by Gasteiger charge is -2.12. The van der Waals surface area contributed by atoms with Crippen molar-refractivity contribution in [2.75, 3.05) is 5.32 Å². The highest BCUT2D eigenvalue weighted by molar-refractivity contribution is 6.43. The highest BCUT2D eigenvalue weighted by atomic mass is 35.5. The van der Waals surface area contributed by atoms with E-state index in [0.29, 0.717) is 39.9 Å². The zero-order valence-corrected chi connectivity index (χ0v) is 16.8. The molecule has 4 rings (SSSR count). The topological polar surface area (TPSA) is 90.6 Å². The number of benzene rings is 1. The van der Waals surface area contributed by atoms with Crippen LogP contribution in [0.25, 0.3) is 5.69 Å². The van der Waals surface area contributed by atoms with Gasteiger partial charge in [-0.25, -0.2) is 4.98 Å². The van der Waals surface area contributed by atoms with Gasteiger partial charge in [-0.15, -0.1) is 0 Å². The van der Waals surface area contributed by atoms with Crippen LogP contribution in [0.2, 0.25) is 10.0 Å². The van der Waals surface area contributed by atoms with Crippen LogP contribution in [0.15, 0.2) is 54.9 Å². The predicted octanol–water partition coefficient (Wildman–Crippen LogP) is 4.47. The van der Waals surface area contributed by atoms with Crippen LogP contribution in [-0.4, -0.2) is 30.2 Å². The van der Waals surface area contributed by atoms with Gasteiger partial charge in [0, 0.05) is 24.0 Å². The molecule has 0 spiro atoms. The molecule has 1 aromatic carbocycles. The minimum absolute atomic E-state index is 0.363. The maximum Gasteiger partial charge on any atom is 0.248 e. The van der Waals surface area contributed by atoms with Crippen LogP contribution in [0.3, 0.4) is 0 Å². The van der Waals surface area contributed by atoms with Gasteiger partial charge in [-0.3, -0.25) is 4.98 Å². The first-order valence-electron chi connectivity index (χ1n) is 8.63. The lowest BCUT2D eigenvalue weighted by molar-refractivity contribution is 0.453. The van der Waals surface area contributed by atoms with Gasteiger partial charge < -0.3 is 10.1 Å². The van der Waals surface area contributed by atoms with Crippen molar-refractivity contribution in [2.45, 2.75) is 13.5 Å². The molecule has 1 N–H and O–H groups in total. The summed E-state index contributed by atoms with van der Waals surface area (Å²) in [5.41, 5.74) is 2.23. The van der Waals surface area contributed by atoms with Crippen LogP contribution >= 0.6 is 23.2 Å². The summed E-state index contributed by atoms with van der Waals surface area (Å²) in [4.78, 5) is 8.55. The molecule has 0 saturated carbocycles. The largest absolute Gasteiger partial charge is 0.437 e. The Balaban J connectivity index is 1.58. The van der Waals surface area contributed by atoms with E-state index >= 15 is 0 Å². The zero-order chi connectivity index (χ0) is 20.2. The molecule has 3 heterocycles. The van der Waals surface area contributed by atoms with Gasteiger partial charge in [0.05, 0.1) is 21.9 Å². The molecule has 0 amide bonds. The Bertz CT molecular complexity index is 1130. The van der Waals surface area contributed by atoms with Crippen molar-refractivity contribution in [3.05, 3.63) is 76.2 Å². The molecule has 0 aliphatic heterocycles. The fourth-order valence-electron chi connectivity index (χ4n) is 2.59. The predicted molar refractivity (Wildman–Crippen MR) is 110 cm³/mol. The van der Waals surface area contributed by atoms with E-state index in [4.69, 9.17) is 27.9 Å². The third kappa shape index (κ3) is 4.28. The number of nitrogens with one attached hydrogen (secondary N) is 1. The van der Waals surface area contributed by atoms with Gasteiger partial charge in [0.1, 0.15) is 5.75 Å². The SMILES string of the molecule is Cc1ccc(CNc2nnnn2-c2cccc(Cl)c2Cl)c(Oc2cccnc2)n1. The number of tetrazole rings is 1. The maximum atomic E-state index is 6.29. The molecule has 0 aliphatic carbocycles. The standard InChI is InChI=1S/C19H15Cl2N7O/c1-12-7-8-13(18(24-12)29-14-4-3-9-22-11-14)10-23-19-25-26-27-28(19)16-6-2-5-15(20)17(16)21/h2-9,11H,10H2,1H3,(H,23,25,27). The van der Waals surface area contributed by atoms with Crippen LogP contribution in [0, 0.1) is 6.92 Å². The Morgan fingerprint density at radius 1 is 1.10 bits per heavy atom. The minimum atomic E-state index is 0.363. The molecule has 0 bridgehead atoms. The number of rotatable bonds is 6. The van der Waals surface area contributed by atoms with E-state index in [1.54, 1.807) is 36.7 Å². The molecule has 29 heavy (non-hydrogen) atoms. The first kappa shape index (κ1) is 19.1. The first-order chi connectivity index (χ1) is 14.1. The van der Waals surface area contributed by atoms with Crippen molar-refractivity contribution in [1.82, 2.24) is 30.2 Å². The molecule has 0 fully saturated rings. The quantitative estimate of drug-likeness (QED) is 0.485. The van der Waals surface area contributed by atoms with Gasteiger partial charge >= 0.3 is 0 Å². The molecule has 0 aliphatic rings. The fourth-order valence-corrected chi connectivity index (χ4v) is 2.97. The summed E-state index contributed by atoms with van der Waals surface area (Å²) >= 11 is 12.4. The van der Waals surface area contributed by atoms with Crippen molar-refractivity contribution >= 4 is 29.2 Å². The number of hydrogen-bond acceptors (Lipinski definition) is 7. The number of anilines is 1. The van der Waals surface area contributed by atoms with Gasteiger partial charge in [-0.2, -0.15) is 4.68 Å². The molecule has 4 aromatic rings. The Morgan fingerprint density at radius 3 is 2.83 bits per heavy atom. The van der Waals surface area contributed by atoms with E-state index in [-0.39, 0.29) is 0 Å². The third-order valence-corrected chi connectivity index (χ3v) is 4.80. The number of hydrogen-bond donors (Lipinski definition) is 1. The Labute approximate surface area is 176 Å². The molecule has 8 nitrogen and oxygen atoms in total. The second-order valence-corrected chi connectivity index (χ2v) is 6.83. The van der Waals surface area contributed by atoms with Gasteiger partial charge in [0.25, 0.3) is 0 Å². The van der Waals surface area contributed by atoms with E-state index in [9.17, 15) is 0 Å². The number of ether oxygens (including phenoxy) is 1. The number of halogens is 2. The smallest absolute Gasteiger partial charge is 0.248 e. The Kier molecular flexibility index (Phi) is 5.55. The molecule has 3 aromatic heterocycles. The number of pyridine rings is 2. The summed E-state index contributed by atoms with van der Waals surface area (Å²) in [6.07, 6.45) is 3.31. The van der Waals surface area contributed by atoms with Crippen molar-refractivity contribution in [2.24, 2.45) is 0 Å². The molecular formula is C19H15Cl2N7O. The molecule has 0 saturated heterocycles. The summed E-state index contributed by atoms with van der Waals surface area (Å²) in [6.45, 7) is 2.27. The molecule has 146 valence electrons. The summed E-state index contributed by atoms with van der Waals surface area (Å²) in [7, 11) is 0. The summed E-state index contributed by atoms with van der Waals surface area (Å²) < 4.78 is 7.38. The molecule has 0 atom stereocenters. The number of nitrogens with zero attached hydrogens (tertiary/aromatic N) is 6. The average molecular weight is 428 g/mol. The minimum Gasteiger partial charge on any atom is -0.437 e. The normalized spacial score (nSPS) is 10.7. The van der Waals surface area contributed by atoms with E-state index in [1.165, 1.54) is 4.68 Å². The van der Waals surface area contributed by atoms with Crippen molar-refractivity contribution in [1.29, 1.82) is 0 Å². The summed E-state index contributed by atoms with van der Waals surface area (Å²) in [6, 6.07) is 12.7. The second kappa shape index (κ2) is 8.42. The lowest BCUT2D eigenvalue weighted by atomic mass is 10.2. The van der Waals surface area contributed by atoms with Gasteiger partial charge in [-0.05, 0) is 47.7 Å². The van der Waals surface area contributed by atoms with Crippen LogP contribution in [0.4, 0.5) is 5.95 Å². The summed E-state index contributed by atoms with van der Waals surface area (Å²) in [5.74, 6) is 1.48. The highest BCUT2D eigenvalue weighted by Gasteiger charge is 2.14. The third-order valence-electron chi connectivity index (χ3n) is 3.99. The lowest BCUT2D eigenvalue weighted by Crippen LogP contribution is -2.09. The van der Waals surface area contributed by atoms with E-state index in [1.807, 2.05) is 25.1 Å². The highest BCUT2D eigenvalue weighted by Crippen LogP contribution is 2.29. The Hall–Kier alpha value is -3.23. The van der Waals surface area contributed by atoms with Crippen LogP contribution in [0.5, 0.6) is 11.6 Å². The van der Waals surface area contributed by atoms with E-state index in [2.05, 4.69) is 30.8 Å². The Morgan fingerprint density at radius 2 is 2.00 bits per heavy atom. The monoisotopic (exact) mass is 427 g/mol. The number of aromatic nitrogens is 6. The molecular weight excluding hydrogens is 413 g/mol. The fraction of sp³-hybridized carbons (Fsp3) is 0.105. The van der Waals surface area contributed by atoms with Crippen molar-refractivity contribution in [3.8, 4) is 17.3 Å². The van der Waals surface area contributed by atoms with Gasteiger partial charge in [0.15, 0.2) is 0 Å². The van der Waals surface area contributed by atoms with Gasteiger partial charge in [0.2, 0.25) is 11.8 Å². The van der Waals surface area contributed by atoms with E-state index in [0.717, 1.165) is 11.3 Å². The zero-order valence-electron chi connectivity index (χ0n) is 15.3. The number of aryl methyl sites for hydroxylation is 1. The van der Waals surface area contributed by atoms with E-state index < -0.39 is 0 Å². The molecule has 0 unspecified atom stereocenters. The van der Waals surface area contributed by atoms with Crippen LogP contribution in [-0.2, 0) is 6.54 Å². The first-order valence-corrected chi connectivity index (χ1v) is 9.38. The van der Waals surface area contributed by atoms with Crippen molar-refractivity contribution < 1.29 is 4.74 Å². The van der Waals surface area contributed by atoms with Crippen LogP contribution in [0.1, 0.15) is 11.3 Å². The van der Waals surface area contributed by atoms with Crippen molar-refractivity contribution in [3.63, 3.8) is 0 Å². The second-order valence-electron chi connectivity index (χ2n) is 6.05.